The van der Waals surface area contributed by atoms with Gasteiger partial charge >= 0.3 is 0 Å². The van der Waals surface area contributed by atoms with Crippen molar-refractivity contribution in [2.24, 2.45) is 0 Å². The van der Waals surface area contributed by atoms with E-state index >= 15 is 0 Å². The smallest absolute Gasteiger partial charge is 0.255 e. The first kappa shape index (κ1) is 13.8. The van der Waals surface area contributed by atoms with Gasteiger partial charge < -0.3 is 9.73 Å². The van der Waals surface area contributed by atoms with E-state index in [0.717, 1.165) is 5.56 Å². The number of benzene rings is 2. The predicted molar refractivity (Wildman–Crippen MR) is 83.9 cm³/mol. The third-order valence-electron chi connectivity index (χ3n) is 3.21. The molecule has 1 N–H and O–H groups in total. The molecule has 2 aromatic carbocycles. The normalized spacial score (nSPS) is 10.2. The fourth-order valence-electron chi connectivity index (χ4n) is 2.08. The van der Waals surface area contributed by atoms with Gasteiger partial charge in [-0.1, -0.05) is 18.2 Å². The lowest BCUT2D eigenvalue weighted by Gasteiger charge is -2.05. The maximum absolute atomic E-state index is 12.0. The molecule has 0 atom stereocenters. The molecule has 1 aromatic heterocycles. The Hall–Kier alpha value is -3.14. The molecule has 0 fully saturated rings. The van der Waals surface area contributed by atoms with Gasteiger partial charge in [0.25, 0.3) is 5.91 Å². The second-order valence-corrected chi connectivity index (χ2v) is 4.72. The molecule has 0 aliphatic carbocycles. The van der Waals surface area contributed by atoms with Crippen molar-refractivity contribution in [2.45, 2.75) is 0 Å². The summed E-state index contributed by atoms with van der Waals surface area (Å²) in [7, 11) is 0. The van der Waals surface area contributed by atoms with E-state index in [2.05, 4.69) is 5.32 Å². The Morgan fingerprint density at radius 3 is 2.27 bits per heavy atom. The summed E-state index contributed by atoms with van der Waals surface area (Å²) in [4.78, 5) is 22.7. The molecule has 0 saturated heterocycles. The molecule has 0 saturated carbocycles. The van der Waals surface area contributed by atoms with Crippen molar-refractivity contribution in [3.8, 4) is 11.3 Å². The average Bonchev–Trinajstić information content (AvgIpc) is 3.05. The Balaban J connectivity index is 1.74. The Morgan fingerprint density at radius 1 is 0.909 bits per heavy atom. The van der Waals surface area contributed by atoms with Crippen LogP contribution in [0.1, 0.15) is 20.9 Å². The number of hydrogen-bond donors (Lipinski definition) is 1. The Kier molecular flexibility index (Phi) is 3.83. The van der Waals surface area contributed by atoms with Crippen LogP contribution in [-0.2, 0) is 0 Å². The van der Waals surface area contributed by atoms with Crippen LogP contribution in [0.3, 0.4) is 0 Å². The largest absolute Gasteiger partial charge is 0.453 e. The molecule has 0 unspecified atom stereocenters. The average molecular weight is 291 g/mol. The minimum absolute atomic E-state index is 0.158. The molecule has 4 nitrogen and oxygen atoms in total. The van der Waals surface area contributed by atoms with Crippen molar-refractivity contribution < 1.29 is 14.0 Å². The van der Waals surface area contributed by atoms with E-state index in [0.29, 0.717) is 23.3 Å². The summed E-state index contributed by atoms with van der Waals surface area (Å²) in [5.74, 6) is 0.745. The molecule has 0 aliphatic heterocycles. The molecule has 22 heavy (non-hydrogen) atoms. The zero-order valence-electron chi connectivity index (χ0n) is 11.7. The minimum Gasteiger partial charge on any atom is -0.453 e. The number of nitrogens with one attached hydrogen (secondary N) is 1. The highest BCUT2D eigenvalue weighted by molar-refractivity contribution is 6.04. The van der Waals surface area contributed by atoms with E-state index in [1.54, 1.807) is 36.4 Å². The third-order valence-corrected chi connectivity index (χ3v) is 3.21. The minimum atomic E-state index is -0.158. The third kappa shape index (κ3) is 2.96. The second kappa shape index (κ2) is 6.10. The van der Waals surface area contributed by atoms with Crippen LogP contribution in [0.2, 0.25) is 0 Å². The monoisotopic (exact) mass is 291 g/mol. The van der Waals surface area contributed by atoms with Crippen LogP contribution in [-0.4, -0.2) is 12.2 Å². The van der Waals surface area contributed by atoms with E-state index in [9.17, 15) is 9.59 Å². The molecule has 1 amide bonds. The van der Waals surface area contributed by atoms with Gasteiger partial charge in [0.1, 0.15) is 5.76 Å². The van der Waals surface area contributed by atoms with Crippen LogP contribution in [0.15, 0.2) is 71.1 Å². The SMILES string of the molecule is O=Cc1ccc(-c2ccc(NC(=O)c3ccccc3)cc2)o1. The first-order valence-corrected chi connectivity index (χ1v) is 6.78. The predicted octanol–water partition coefficient (Wildman–Crippen LogP) is 4.01. The topological polar surface area (TPSA) is 59.3 Å². The molecule has 108 valence electrons. The number of anilines is 1. The van der Waals surface area contributed by atoms with Gasteiger partial charge in [-0.2, -0.15) is 0 Å². The molecule has 1 heterocycles. The van der Waals surface area contributed by atoms with Crippen LogP contribution >= 0.6 is 0 Å². The first-order chi connectivity index (χ1) is 10.8. The maximum atomic E-state index is 12.0. The summed E-state index contributed by atoms with van der Waals surface area (Å²) in [5.41, 5.74) is 2.14. The maximum Gasteiger partial charge on any atom is 0.255 e. The number of amides is 1. The number of rotatable bonds is 4. The number of aldehydes is 1. The molecule has 3 aromatic rings. The standard InChI is InChI=1S/C18H13NO3/c20-12-16-10-11-17(22-16)13-6-8-15(9-7-13)19-18(21)14-4-2-1-3-5-14/h1-12H,(H,19,21). The first-order valence-electron chi connectivity index (χ1n) is 6.78. The lowest BCUT2D eigenvalue weighted by molar-refractivity contribution is 0.102. The van der Waals surface area contributed by atoms with Gasteiger partial charge in [0, 0.05) is 16.8 Å². The molecule has 0 aliphatic rings. The van der Waals surface area contributed by atoms with Crippen molar-refractivity contribution in [3.63, 3.8) is 0 Å². The van der Waals surface area contributed by atoms with Gasteiger partial charge in [-0.15, -0.1) is 0 Å². The molecule has 0 radical (unpaired) electrons. The lowest BCUT2D eigenvalue weighted by Crippen LogP contribution is -2.11. The number of carbonyl (C=O) groups excluding carboxylic acids is 2. The van der Waals surface area contributed by atoms with Crippen LogP contribution < -0.4 is 5.32 Å². The Labute approximate surface area is 127 Å². The zero-order chi connectivity index (χ0) is 15.4. The highest BCUT2D eigenvalue weighted by atomic mass is 16.3. The zero-order valence-corrected chi connectivity index (χ0v) is 11.7. The summed E-state index contributed by atoms with van der Waals surface area (Å²) >= 11 is 0. The van der Waals surface area contributed by atoms with Crippen molar-refractivity contribution in [1.29, 1.82) is 0 Å². The highest BCUT2D eigenvalue weighted by Gasteiger charge is 2.07. The van der Waals surface area contributed by atoms with Gasteiger partial charge in [0.15, 0.2) is 12.0 Å². The van der Waals surface area contributed by atoms with Gasteiger partial charge in [-0.05, 0) is 48.5 Å². The summed E-state index contributed by atoms with van der Waals surface area (Å²) < 4.78 is 5.35. The Bertz CT molecular complexity index is 789. The summed E-state index contributed by atoms with van der Waals surface area (Å²) in [6, 6.07) is 19.6. The van der Waals surface area contributed by atoms with E-state index in [1.807, 2.05) is 30.3 Å². The number of carbonyl (C=O) groups is 2. The molecule has 3 rings (SSSR count). The van der Waals surface area contributed by atoms with E-state index in [4.69, 9.17) is 4.42 Å². The fourth-order valence-corrected chi connectivity index (χ4v) is 2.08. The highest BCUT2D eigenvalue weighted by Crippen LogP contribution is 2.23. The molecule has 0 spiro atoms. The summed E-state index contributed by atoms with van der Waals surface area (Å²) in [6.45, 7) is 0. The molecular weight excluding hydrogens is 278 g/mol. The fraction of sp³-hybridized carbons (Fsp3) is 0. The molecular formula is C18H13NO3. The van der Waals surface area contributed by atoms with Gasteiger partial charge in [0.05, 0.1) is 0 Å². The van der Waals surface area contributed by atoms with Gasteiger partial charge in [-0.3, -0.25) is 9.59 Å². The van der Waals surface area contributed by atoms with Gasteiger partial charge in [0.2, 0.25) is 0 Å². The molecule has 0 bridgehead atoms. The van der Waals surface area contributed by atoms with Crippen LogP contribution in [0.25, 0.3) is 11.3 Å². The number of furan rings is 1. The van der Waals surface area contributed by atoms with Crippen LogP contribution in [0.5, 0.6) is 0 Å². The second-order valence-electron chi connectivity index (χ2n) is 4.72. The van der Waals surface area contributed by atoms with E-state index in [-0.39, 0.29) is 11.7 Å². The van der Waals surface area contributed by atoms with Gasteiger partial charge in [-0.25, -0.2) is 0 Å². The summed E-state index contributed by atoms with van der Waals surface area (Å²) in [6.07, 6.45) is 0.665. The van der Waals surface area contributed by atoms with Crippen LogP contribution in [0, 0.1) is 0 Å². The Morgan fingerprint density at radius 2 is 1.64 bits per heavy atom. The van der Waals surface area contributed by atoms with Crippen molar-refractivity contribution in [1.82, 2.24) is 0 Å². The van der Waals surface area contributed by atoms with Crippen molar-refractivity contribution in [2.75, 3.05) is 5.32 Å². The number of hydrogen-bond acceptors (Lipinski definition) is 3. The molecule has 4 heteroatoms. The van der Waals surface area contributed by atoms with E-state index < -0.39 is 0 Å². The van der Waals surface area contributed by atoms with Crippen molar-refractivity contribution in [3.05, 3.63) is 78.1 Å². The summed E-state index contributed by atoms with van der Waals surface area (Å²) in [5, 5.41) is 2.83. The lowest BCUT2D eigenvalue weighted by atomic mass is 10.1. The quantitative estimate of drug-likeness (QED) is 0.739. The van der Waals surface area contributed by atoms with Crippen LogP contribution in [0.4, 0.5) is 5.69 Å². The van der Waals surface area contributed by atoms with E-state index in [1.165, 1.54) is 0 Å². The van der Waals surface area contributed by atoms with Crippen molar-refractivity contribution >= 4 is 17.9 Å².